The molecule has 1 unspecified atom stereocenters. The minimum atomic E-state index is 0.443. The van der Waals surface area contributed by atoms with Gasteiger partial charge in [-0.25, -0.2) is 0 Å². The van der Waals surface area contributed by atoms with Crippen molar-refractivity contribution in [3.63, 3.8) is 0 Å². The van der Waals surface area contributed by atoms with Gasteiger partial charge in [0.15, 0.2) is 0 Å². The van der Waals surface area contributed by atoms with Crippen molar-refractivity contribution in [3.8, 4) is 0 Å². The Labute approximate surface area is 79.2 Å². The molecule has 1 heterocycles. The molecule has 1 aliphatic heterocycles. The number of nitrogens with zero attached hydrogens (tertiary/aromatic N) is 1. The lowest BCUT2D eigenvalue weighted by atomic mass is 10.2. The van der Waals surface area contributed by atoms with Crippen LogP contribution >= 0.6 is 0 Å². The second-order valence-electron chi connectivity index (χ2n) is 3.28. The average Bonchev–Trinajstić information content (AvgIpc) is 2.65. The summed E-state index contributed by atoms with van der Waals surface area (Å²) in [6, 6.07) is 0.443. The number of ether oxygens (including phenoxy) is 1. The molecule has 0 bridgehead atoms. The van der Waals surface area contributed by atoms with Crippen LogP contribution in [0.15, 0.2) is 0 Å². The fourth-order valence-electron chi connectivity index (χ4n) is 1.58. The zero-order valence-corrected chi connectivity index (χ0v) is 8.16. The highest BCUT2D eigenvalue weighted by molar-refractivity contribution is 5.52. The van der Waals surface area contributed by atoms with Crippen LogP contribution in [0.25, 0.3) is 0 Å². The van der Waals surface area contributed by atoms with E-state index in [4.69, 9.17) is 4.74 Å². The van der Waals surface area contributed by atoms with Gasteiger partial charge in [-0.3, -0.25) is 4.90 Å². The second kappa shape index (κ2) is 6.07. The van der Waals surface area contributed by atoms with E-state index >= 15 is 0 Å². The number of carbonyl (C=O) groups is 1. The van der Waals surface area contributed by atoms with E-state index in [1.807, 2.05) is 7.05 Å². The van der Waals surface area contributed by atoms with Gasteiger partial charge in [0.05, 0.1) is 13.2 Å². The van der Waals surface area contributed by atoms with Gasteiger partial charge in [0.2, 0.25) is 0 Å². The third kappa shape index (κ3) is 3.42. The molecule has 13 heavy (non-hydrogen) atoms. The lowest BCUT2D eigenvalue weighted by Gasteiger charge is -2.25. The summed E-state index contributed by atoms with van der Waals surface area (Å²) >= 11 is 0. The first-order chi connectivity index (χ1) is 6.38. The first-order valence-corrected chi connectivity index (χ1v) is 4.78. The quantitative estimate of drug-likeness (QED) is 0.568. The molecule has 0 aromatic rings. The molecule has 0 spiro atoms. The zero-order valence-electron chi connectivity index (χ0n) is 8.16. The molecule has 0 radical (unpaired) electrons. The van der Waals surface area contributed by atoms with Gasteiger partial charge in [0, 0.05) is 25.7 Å². The van der Waals surface area contributed by atoms with Crippen LogP contribution in [0.4, 0.5) is 0 Å². The van der Waals surface area contributed by atoms with Crippen molar-refractivity contribution >= 4 is 6.29 Å². The summed E-state index contributed by atoms with van der Waals surface area (Å²) in [5.74, 6) is 0. The van der Waals surface area contributed by atoms with E-state index in [2.05, 4.69) is 10.2 Å². The predicted octanol–water partition coefficient (Wildman–Crippen LogP) is -0.504. The molecule has 0 aromatic heterocycles. The highest BCUT2D eigenvalue weighted by Gasteiger charge is 2.21. The van der Waals surface area contributed by atoms with Crippen molar-refractivity contribution in [1.82, 2.24) is 10.2 Å². The topological polar surface area (TPSA) is 41.6 Å². The highest BCUT2D eigenvalue weighted by atomic mass is 16.5. The van der Waals surface area contributed by atoms with E-state index < -0.39 is 0 Å². The number of nitrogens with one attached hydrogen (secondary N) is 1. The fourth-order valence-corrected chi connectivity index (χ4v) is 1.58. The fraction of sp³-hybridized carbons (Fsp3) is 0.889. The Morgan fingerprint density at radius 3 is 3.08 bits per heavy atom. The standard InChI is InChI=1S/C9H18N2O2/c1-10-3-4-11(5-6-12)9-2-7-13-8-9/h6,9-10H,2-5,7-8H2,1H3. The molecule has 1 rings (SSSR count). The second-order valence-corrected chi connectivity index (χ2v) is 3.28. The molecule has 4 nitrogen and oxygen atoms in total. The van der Waals surface area contributed by atoms with Crippen LogP contribution in [0.2, 0.25) is 0 Å². The number of rotatable bonds is 6. The van der Waals surface area contributed by atoms with Gasteiger partial charge in [-0.1, -0.05) is 0 Å². The summed E-state index contributed by atoms with van der Waals surface area (Å²) in [6.07, 6.45) is 2.02. The molecule has 0 aromatic carbocycles. The highest BCUT2D eigenvalue weighted by Crippen LogP contribution is 2.10. The van der Waals surface area contributed by atoms with E-state index in [9.17, 15) is 4.79 Å². The van der Waals surface area contributed by atoms with Crippen molar-refractivity contribution in [2.75, 3.05) is 39.9 Å². The molecule has 0 saturated carbocycles. The van der Waals surface area contributed by atoms with Gasteiger partial charge < -0.3 is 14.8 Å². The van der Waals surface area contributed by atoms with Gasteiger partial charge in [-0.05, 0) is 13.5 Å². The third-order valence-electron chi connectivity index (χ3n) is 2.38. The molecule has 1 saturated heterocycles. The van der Waals surface area contributed by atoms with E-state index in [0.29, 0.717) is 12.6 Å². The lowest BCUT2D eigenvalue weighted by molar-refractivity contribution is -0.109. The molecule has 0 aliphatic carbocycles. The molecule has 1 aliphatic rings. The van der Waals surface area contributed by atoms with Crippen molar-refractivity contribution in [1.29, 1.82) is 0 Å². The Morgan fingerprint density at radius 1 is 1.69 bits per heavy atom. The smallest absolute Gasteiger partial charge is 0.133 e. The summed E-state index contributed by atoms with van der Waals surface area (Å²) in [5.41, 5.74) is 0. The summed E-state index contributed by atoms with van der Waals surface area (Å²) in [6.45, 7) is 3.97. The zero-order chi connectivity index (χ0) is 9.52. The minimum absolute atomic E-state index is 0.443. The molecule has 1 N–H and O–H groups in total. The molecule has 4 heteroatoms. The third-order valence-corrected chi connectivity index (χ3v) is 2.38. The Morgan fingerprint density at radius 2 is 2.54 bits per heavy atom. The molecule has 0 amide bonds. The number of aldehydes is 1. The first-order valence-electron chi connectivity index (χ1n) is 4.78. The molecule has 1 fully saturated rings. The number of carbonyl (C=O) groups excluding carboxylic acids is 1. The predicted molar refractivity (Wildman–Crippen MR) is 50.8 cm³/mol. The van der Waals surface area contributed by atoms with Crippen LogP contribution in [0.5, 0.6) is 0 Å². The Kier molecular flexibility index (Phi) is 4.97. The maximum atomic E-state index is 10.4. The van der Waals surface area contributed by atoms with E-state index in [1.165, 1.54) is 0 Å². The van der Waals surface area contributed by atoms with Crippen LogP contribution < -0.4 is 5.32 Å². The van der Waals surface area contributed by atoms with E-state index in [1.54, 1.807) is 0 Å². The Balaban J connectivity index is 2.30. The number of likely N-dealkylation sites (N-methyl/N-ethyl adjacent to an activating group) is 1. The van der Waals surface area contributed by atoms with Crippen molar-refractivity contribution in [2.24, 2.45) is 0 Å². The maximum Gasteiger partial charge on any atom is 0.133 e. The molecule has 76 valence electrons. The van der Waals surface area contributed by atoms with Gasteiger partial charge in [0.25, 0.3) is 0 Å². The van der Waals surface area contributed by atoms with Gasteiger partial charge >= 0.3 is 0 Å². The van der Waals surface area contributed by atoms with Crippen LogP contribution in [0, 0.1) is 0 Å². The van der Waals surface area contributed by atoms with Gasteiger partial charge in [-0.15, -0.1) is 0 Å². The summed E-state index contributed by atoms with van der Waals surface area (Å²) in [4.78, 5) is 12.6. The maximum absolute atomic E-state index is 10.4. The summed E-state index contributed by atoms with van der Waals surface area (Å²) in [7, 11) is 1.92. The van der Waals surface area contributed by atoms with Crippen molar-refractivity contribution in [3.05, 3.63) is 0 Å². The first kappa shape index (κ1) is 10.6. The monoisotopic (exact) mass is 186 g/mol. The van der Waals surface area contributed by atoms with E-state index in [0.717, 1.165) is 39.0 Å². The Hall–Kier alpha value is -0.450. The van der Waals surface area contributed by atoms with Gasteiger partial charge in [-0.2, -0.15) is 0 Å². The molecule has 1 atom stereocenters. The average molecular weight is 186 g/mol. The van der Waals surface area contributed by atoms with Crippen LogP contribution in [-0.2, 0) is 9.53 Å². The number of hydrogen-bond acceptors (Lipinski definition) is 4. The molecular formula is C9H18N2O2. The molecular weight excluding hydrogens is 168 g/mol. The largest absolute Gasteiger partial charge is 0.380 e. The van der Waals surface area contributed by atoms with Crippen LogP contribution in [0.1, 0.15) is 6.42 Å². The normalized spacial score (nSPS) is 22.5. The minimum Gasteiger partial charge on any atom is -0.380 e. The van der Waals surface area contributed by atoms with Gasteiger partial charge in [0.1, 0.15) is 6.29 Å². The van der Waals surface area contributed by atoms with E-state index in [-0.39, 0.29) is 0 Å². The van der Waals surface area contributed by atoms with Crippen LogP contribution in [-0.4, -0.2) is 57.1 Å². The Bertz CT molecular complexity index is 147. The summed E-state index contributed by atoms with van der Waals surface area (Å²) < 4.78 is 5.29. The van der Waals surface area contributed by atoms with Crippen molar-refractivity contribution in [2.45, 2.75) is 12.5 Å². The van der Waals surface area contributed by atoms with Crippen molar-refractivity contribution < 1.29 is 9.53 Å². The summed E-state index contributed by atoms with van der Waals surface area (Å²) in [5, 5.41) is 3.08. The van der Waals surface area contributed by atoms with Crippen LogP contribution in [0.3, 0.4) is 0 Å². The lowest BCUT2D eigenvalue weighted by Crippen LogP contribution is -2.40. The number of hydrogen-bond donors (Lipinski definition) is 1. The SMILES string of the molecule is CNCCN(CC=O)C1CCOC1.